The Morgan fingerprint density at radius 1 is 1.00 bits per heavy atom. The van der Waals surface area contributed by atoms with Gasteiger partial charge in [0.25, 0.3) is 0 Å². The predicted octanol–water partition coefficient (Wildman–Crippen LogP) is 5.28. The third kappa shape index (κ3) is 3.43. The maximum Gasteiger partial charge on any atom is 0.353 e. The van der Waals surface area contributed by atoms with Gasteiger partial charge in [-0.15, -0.1) is 0 Å². The van der Waals surface area contributed by atoms with E-state index in [2.05, 4.69) is 29.2 Å². The topological polar surface area (TPSA) is 60.9 Å². The zero-order valence-corrected chi connectivity index (χ0v) is 17.8. The number of benzene rings is 3. The molecule has 4 nitrogen and oxygen atoms in total. The second kappa shape index (κ2) is 7.91. The molecular formula is C24H20ClN3OS. The number of halogens is 1. The first-order chi connectivity index (χ1) is 14.6. The summed E-state index contributed by atoms with van der Waals surface area (Å²) in [6, 6.07) is 21.7. The molecule has 30 heavy (non-hydrogen) atoms. The fourth-order valence-electron chi connectivity index (χ4n) is 4.16. The monoisotopic (exact) mass is 433 g/mol. The van der Waals surface area contributed by atoms with Crippen LogP contribution in [-0.4, -0.2) is 9.55 Å². The van der Waals surface area contributed by atoms with Gasteiger partial charge < -0.3 is 5.73 Å². The molecule has 0 fully saturated rings. The maximum atomic E-state index is 13.0. The van der Waals surface area contributed by atoms with E-state index >= 15 is 0 Å². The third-order valence-electron chi connectivity index (χ3n) is 5.56. The maximum absolute atomic E-state index is 13.0. The van der Waals surface area contributed by atoms with Crippen LogP contribution in [0.1, 0.15) is 28.6 Å². The average molecular weight is 434 g/mol. The first kappa shape index (κ1) is 19.4. The SMILES string of the molecule is N[C@H](Sc1nc(=O)n(-c2ccc(Cl)cc2)c2c1CCC2)c1cccc2ccccc12. The molecule has 0 radical (unpaired) electrons. The lowest BCUT2D eigenvalue weighted by Gasteiger charge is -2.18. The van der Waals surface area contributed by atoms with Gasteiger partial charge in [0.15, 0.2) is 0 Å². The molecular weight excluding hydrogens is 414 g/mol. The van der Waals surface area contributed by atoms with Crippen molar-refractivity contribution in [2.45, 2.75) is 29.7 Å². The summed E-state index contributed by atoms with van der Waals surface area (Å²) in [5, 5.41) is 3.37. The number of rotatable bonds is 4. The summed E-state index contributed by atoms with van der Waals surface area (Å²) in [7, 11) is 0. The molecule has 6 heteroatoms. The molecule has 0 amide bonds. The van der Waals surface area contributed by atoms with Crippen molar-refractivity contribution in [2.24, 2.45) is 5.73 Å². The molecule has 0 spiro atoms. The number of thioether (sulfide) groups is 1. The van der Waals surface area contributed by atoms with Crippen molar-refractivity contribution in [3.05, 3.63) is 99.1 Å². The fourth-order valence-corrected chi connectivity index (χ4v) is 5.35. The Kier molecular flexibility index (Phi) is 5.11. The number of nitrogens with two attached hydrogens (primary N) is 1. The second-order valence-corrected chi connectivity index (χ2v) is 8.96. The molecule has 0 saturated heterocycles. The summed E-state index contributed by atoms with van der Waals surface area (Å²) < 4.78 is 1.71. The molecule has 1 aromatic heterocycles. The fraction of sp³-hybridized carbons (Fsp3) is 0.167. The molecule has 1 atom stereocenters. The molecule has 1 heterocycles. The zero-order valence-electron chi connectivity index (χ0n) is 16.2. The van der Waals surface area contributed by atoms with Gasteiger partial charge in [-0.1, -0.05) is 65.8 Å². The molecule has 0 unspecified atom stereocenters. The molecule has 0 saturated carbocycles. The van der Waals surface area contributed by atoms with Crippen LogP contribution in [0.2, 0.25) is 5.02 Å². The number of fused-ring (bicyclic) bond motifs is 2. The van der Waals surface area contributed by atoms with Crippen LogP contribution < -0.4 is 11.4 Å². The Hall–Kier alpha value is -2.60. The van der Waals surface area contributed by atoms with Crippen molar-refractivity contribution >= 4 is 34.1 Å². The molecule has 4 aromatic rings. The Morgan fingerprint density at radius 3 is 2.60 bits per heavy atom. The normalized spacial score (nSPS) is 14.1. The van der Waals surface area contributed by atoms with Crippen LogP contribution in [0.25, 0.3) is 16.5 Å². The molecule has 5 rings (SSSR count). The van der Waals surface area contributed by atoms with Crippen molar-refractivity contribution in [2.75, 3.05) is 0 Å². The minimum atomic E-state index is -0.306. The minimum Gasteiger partial charge on any atom is -0.315 e. The first-order valence-corrected chi connectivity index (χ1v) is 11.2. The quantitative estimate of drug-likeness (QED) is 0.270. The van der Waals surface area contributed by atoms with E-state index in [0.717, 1.165) is 57.6 Å². The Labute approximate surface area is 183 Å². The second-order valence-electron chi connectivity index (χ2n) is 7.40. The summed E-state index contributed by atoms with van der Waals surface area (Å²) in [4.78, 5) is 17.4. The lowest BCUT2D eigenvalue weighted by atomic mass is 10.0. The standard InChI is InChI=1S/C24H20ClN3OS/c25-16-11-13-17(14-12-16)28-21-10-4-9-20(21)23(27-24(28)29)30-22(26)19-8-3-6-15-5-1-2-7-18(15)19/h1-3,5-8,11-14,22H,4,9-10,26H2/t22-/m1/s1. The molecule has 1 aliphatic carbocycles. The summed E-state index contributed by atoms with van der Waals surface area (Å²) in [6.07, 6.45) is 2.76. The zero-order chi connectivity index (χ0) is 20.7. The van der Waals surface area contributed by atoms with Gasteiger partial charge in [0.1, 0.15) is 5.03 Å². The minimum absolute atomic E-state index is 0.273. The number of hydrogen-bond acceptors (Lipinski definition) is 4. The van der Waals surface area contributed by atoms with Gasteiger partial charge in [0.05, 0.1) is 11.1 Å². The van der Waals surface area contributed by atoms with Crippen molar-refractivity contribution in [3.8, 4) is 5.69 Å². The Balaban J connectivity index is 1.56. The van der Waals surface area contributed by atoms with Crippen LogP contribution in [0.15, 0.2) is 76.6 Å². The van der Waals surface area contributed by atoms with E-state index in [-0.39, 0.29) is 11.1 Å². The Morgan fingerprint density at radius 2 is 1.77 bits per heavy atom. The predicted molar refractivity (Wildman–Crippen MR) is 124 cm³/mol. The summed E-state index contributed by atoms with van der Waals surface area (Å²) in [5.74, 6) is 0. The van der Waals surface area contributed by atoms with Crippen LogP contribution in [0.4, 0.5) is 0 Å². The van der Waals surface area contributed by atoms with Gasteiger partial charge in [0.2, 0.25) is 0 Å². The van der Waals surface area contributed by atoms with Crippen LogP contribution in [-0.2, 0) is 12.8 Å². The number of aromatic nitrogens is 2. The third-order valence-corrected chi connectivity index (χ3v) is 6.88. The highest BCUT2D eigenvalue weighted by Gasteiger charge is 2.24. The molecule has 2 N–H and O–H groups in total. The average Bonchev–Trinajstić information content (AvgIpc) is 3.24. The van der Waals surface area contributed by atoms with Crippen LogP contribution in [0.3, 0.4) is 0 Å². The summed E-state index contributed by atoms with van der Waals surface area (Å²) >= 11 is 7.49. The van der Waals surface area contributed by atoms with Gasteiger partial charge >= 0.3 is 5.69 Å². The largest absolute Gasteiger partial charge is 0.353 e. The van der Waals surface area contributed by atoms with Crippen molar-refractivity contribution in [1.82, 2.24) is 9.55 Å². The molecule has 1 aliphatic rings. The van der Waals surface area contributed by atoms with Gasteiger partial charge in [0, 0.05) is 16.3 Å². The van der Waals surface area contributed by atoms with Crippen LogP contribution >= 0.6 is 23.4 Å². The smallest absolute Gasteiger partial charge is 0.315 e. The van der Waals surface area contributed by atoms with Crippen molar-refractivity contribution in [3.63, 3.8) is 0 Å². The highest BCUT2D eigenvalue weighted by Crippen LogP contribution is 2.38. The molecule has 150 valence electrons. The first-order valence-electron chi connectivity index (χ1n) is 9.92. The van der Waals surface area contributed by atoms with E-state index < -0.39 is 0 Å². The number of hydrogen-bond donors (Lipinski definition) is 1. The lowest BCUT2D eigenvalue weighted by Crippen LogP contribution is -2.26. The molecule has 0 bridgehead atoms. The van der Waals surface area contributed by atoms with Gasteiger partial charge in [-0.25, -0.2) is 4.79 Å². The number of nitrogens with zero attached hydrogens (tertiary/aromatic N) is 2. The van der Waals surface area contributed by atoms with E-state index in [0.29, 0.717) is 5.02 Å². The highest BCUT2D eigenvalue weighted by atomic mass is 35.5. The van der Waals surface area contributed by atoms with E-state index in [1.807, 2.05) is 30.3 Å². The summed E-state index contributed by atoms with van der Waals surface area (Å²) in [6.45, 7) is 0. The van der Waals surface area contributed by atoms with Crippen molar-refractivity contribution < 1.29 is 0 Å². The Bertz CT molecular complexity index is 1300. The summed E-state index contributed by atoms with van der Waals surface area (Å²) in [5.41, 5.74) is 10.3. The highest BCUT2D eigenvalue weighted by molar-refractivity contribution is 7.99. The van der Waals surface area contributed by atoms with Gasteiger partial charge in [-0.3, -0.25) is 4.57 Å². The van der Waals surface area contributed by atoms with Gasteiger partial charge in [-0.2, -0.15) is 4.98 Å². The van der Waals surface area contributed by atoms with Gasteiger partial charge in [-0.05, 0) is 59.9 Å². The van der Waals surface area contributed by atoms with E-state index in [1.54, 1.807) is 16.7 Å². The van der Waals surface area contributed by atoms with Crippen LogP contribution in [0, 0.1) is 0 Å². The van der Waals surface area contributed by atoms with E-state index in [4.69, 9.17) is 17.3 Å². The van der Waals surface area contributed by atoms with E-state index in [9.17, 15) is 4.79 Å². The van der Waals surface area contributed by atoms with E-state index in [1.165, 1.54) is 11.8 Å². The molecule has 3 aromatic carbocycles. The lowest BCUT2D eigenvalue weighted by molar-refractivity contribution is 0.801. The van der Waals surface area contributed by atoms with Crippen LogP contribution in [0.5, 0.6) is 0 Å². The van der Waals surface area contributed by atoms with Crippen molar-refractivity contribution in [1.29, 1.82) is 0 Å². The molecule has 0 aliphatic heterocycles.